The lowest BCUT2D eigenvalue weighted by Gasteiger charge is -2.34. The molecule has 0 spiro atoms. The Morgan fingerprint density at radius 2 is 1.88 bits per heavy atom. The topological polar surface area (TPSA) is 54.9 Å². The van der Waals surface area contributed by atoms with Crippen LogP contribution in [0.3, 0.4) is 0 Å². The lowest BCUT2D eigenvalue weighted by Crippen LogP contribution is -2.46. The molecular weight excluding hydrogens is 441 g/mol. The highest BCUT2D eigenvalue weighted by Crippen LogP contribution is 2.25. The SMILES string of the molecule is CCNC(=NCC1(OC)CCOCC1)NC(C)C(C)c1ccccc1.I. The number of nitrogens with zero attached hydrogens (tertiary/aromatic N) is 1. The molecule has 2 unspecified atom stereocenters. The van der Waals surface area contributed by atoms with E-state index in [0.29, 0.717) is 12.5 Å². The third-order valence-corrected chi connectivity index (χ3v) is 5.15. The summed E-state index contributed by atoms with van der Waals surface area (Å²) in [6, 6.07) is 10.9. The van der Waals surface area contributed by atoms with Gasteiger partial charge in [0.25, 0.3) is 0 Å². The molecule has 2 atom stereocenters. The van der Waals surface area contributed by atoms with Crippen LogP contribution in [-0.2, 0) is 9.47 Å². The Kier molecular flexibility index (Phi) is 10.5. The fourth-order valence-electron chi connectivity index (χ4n) is 3.10. The van der Waals surface area contributed by atoms with Gasteiger partial charge in [0, 0.05) is 51.7 Å². The van der Waals surface area contributed by atoms with Gasteiger partial charge in [-0.2, -0.15) is 0 Å². The highest BCUT2D eigenvalue weighted by atomic mass is 127. The number of hydrogen-bond acceptors (Lipinski definition) is 3. The minimum atomic E-state index is -0.200. The first-order valence-corrected chi connectivity index (χ1v) is 9.33. The highest BCUT2D eigenvalue weighted by Gasteiger charge is 2.32. The van der Waals surface area contributed by atoms with Crippen LogP contribution in [0.4, 0.5) is 0 Å². The van der Waals surface area contributed by atoms with Crippen molar-refractivity contribution in [3.8, 4) is 0 Å². The number of nitrogens with one attached hydrogen (secondary N) is 2. The average Bonchev–Trinajstić information content (AvgIpc) is 2.67. The summed E-state index contributed by atoms with van der Waals surface area (Å²) in [6.07, 6.45) is 1.78. The number of benzene rings is 1. The second-order valence-corrected chi connectivity index (χ2v) is 6.83. The van der Waals surface area contributed by atoms with E-state index in [4.69, 9.17) is 14.5 Å². The molecule has 1 aliphatic rings. The predicted molar refractivity (Wildman–Crippen MR) is 119 cm³/mol. The molecule has 0 amide bonds. The summed E-state index contributed by atoms with van der Waals surface area (Å²) in [6.45, 7) is 9.50. The number of halogens is 1. The number of methoxy groups -OCH3 is 1. The second kappa shape index (κ2) is 11.8. The van der Waals surface area contributed by atoms with Gasteiger partial charge < -0.3 is 20.1 Å². The zero-order valence-electron chi connectivity index (χ0n) is 16.5. The van der Waals surface area contributed by atoms with Crippen molar-refractivity contribution in [2.24, 2.45) is 4.99 Å². The van der Waals surface area contributed by atoms with Crippen molar-refractivity contribution in [2.75, 3.05) is 33.4 Å². The van der Waals surface area contributed by atoms with Crippen LogP contribution in [-0.4, -0.2) is 51.0 Å². The molecule has 0 aliphatic carbocycles. The Balaban J connectivity index is 0.00000338. The van der Waals surface area contributed by atoms with Crippen molar-refractivity contribution >= 4 is 29.9 Å². The molecule has 1 fully saturated rings. The fraction of sp³-hybridized carbons (Fsp3) is 0.650. The van der Waals surface area contributed by atoms with Crippen LogP contribution in [0.5, 0.6) is 0 Å². The Morgan fingerprint density at radius 3 is 2.46 bits per heavy atom. The monoisotopic (exact) mass is 475 g/mol. The number of aliphatic imine (C=N–C) groups is 1. The van der Waals surface area contributed by atoms with Gasteiger partial charge in [-0.05, 0) is 19.4 Å². The lowest BCUT2D eigenvalue weighted by molar-refractivity contribution is -0.0828. The van der Waals surface area contributed by atoms with Gasteiger partial charge in [0.05, 0.1) is 12.1 Å². The molecule has 1 aromatic carbocycles. The van der Waals surface area contributed by atoms with Gasteiger partial charge in [-0.15, -0.1) is 24.0 Å². The van der Waals surface area contributed by atoms with Crippen molar-refractivity contribution in [3.05, 3.63) is 35.9 Å². The molecule has 1 aliphatic heterocycles. The van der Waals surface area contributed by atoms with E-state index in [2.05, 4.69) is 61.7 Å². The van der Waals surface area contributed by atoms with E-state index >= 15 is 0 Å². The van der Waals surface area contributed by atoms with Gasteiger partial charge in [-0.3, -0.25) is 4.99 Å². The zero-order valence-corrected chi connectivity index (χ0v) is 18.8. The van der Waals surface area contributed by atoms with E-state index in [9.17, 15) is 0 Å². The molecular formula is C20H34IN3O2. The predicted octanol–water partition coefficient (Wildman–Crippen LogP) is 3.55. The quantitative estimate of drug-likeness (QED) is 0.360. The van der Waals surface area contributed by atoms with E-state index in [1.54, 1.807) is 7.11 Å². The molecule has 5 nitrogen and oxygen atoms in total. The molecule has 1 saturated heterocycles. The lowest BCUT2D eigenvalue weighted by atomic mass is 9.94. The number of guanidine groups is 1. The minimum Gasteiger partial charge on any atom is -0.381 e. The third-order valence-electron chi connectivity index (χ3n) is 5.15. The molecule has 2 rings (SSSR count). The number of ether oxygens (including phenoxy) is 2. The summed E-state index contributed by atoms with van der Waals surface area (Å²) in [5, 5.41) is 6.90. The van der Waals surface area contributed by atoms with Crippen molar-refractivity contribution in [1.82, 2.24) is 10.6 Å². The first kappa shape index (κ1) is 23.2. The molecule has 0 aromatic heterocycles. The summed E-state index contributed by atoms with van der Waals surface area (Å²) in [5.74, 6) is 1.24. The highest BCUT2D eigenvalue weighted by molar-refractivity contribution is 14.0. The van der Waals surface area contributed by atoms with E-state index in [1.165, 1.54) is 5.56 Å². The summed E-state index contributed by atoms with van der Waals surface area (Å²) in [7, 11) is 1.78. The van der Waals surface area contributed by atoms with Crippen LogP contribution in [0.1, 0.15) is 45.1 Å². The van der Waals surface area contributed by atoms with Crippen molar-refractivity contribution in [1.29, 1.82) is 0 Å². The van der Waals surface area contributed by atoms with Gasteiger partial charge in [-0.1, -0.05) is 37.3 Å². The summed E-state index contributed by atoms with van der Waals surface area (Å²) in [5.41, 5.74) is 1.13. The molecule has 0 radical (unpaired) electrons. The number of hydrogen-bond donors (Lipinski definition) is 2. The normalized spacial score (nSPS) is 19.2. The van der Waals surface area contributed by atoms with E-state index < -0.39 is 0 Å². The smallest absolute Gasteiger partial charge is 0.191 e. The maximum absolute atomic E-state index is 5.79. The molecule has 0 saturated carbocycles. The van der Waals surface area contributed by atoms with E-state index in [1.807, 2.05) is 0 Å². The summed E-state index contributed by atoms with van der Waals surface area (Å²) >= 11 is 0. The minimum absolute atomic E-state index is 0. The van der Waals surface area contributed by atoms with E-state index in [-0.39, 0.29) is 35.6 Å². The molecule has 2 N–H and O–H groups in total. The molecule has 0 bridgehead atoms. The van der Waals surface area contributed by atoms with Crippen LogP contribution in [0, 0.1) is 0 Å². The van der Waals surface area contributed by atoms with Crippen LogP contribution < -0.4 is 10.6 Å². The van der Waals surface area contributed by atoms with Gasteiger partial charge in [-0.25, -0.2) is 0 Å². The van der Waals surface area contributed by atoms with Crippen molar-refractivity contribution < 1.29 is 9.47 Å². The maximum Gasteiger partial charge on any atom is 0.191 e. The summed E-state index contributed by atoms with van der Waals surface area (Å²) < 4.78 is 11.3. The van der Waals surface area contributed by atoms with Crippen LogP contribution in [0.2, 0.25) is 0 Å². The van der Waals surface area contributed by atoms with Gasteiger partial charge in [0.1, 0.15) is 0 Å². The van der Waals surface area contributed by atoms with Gasteiger partial charge in [0.15, 0.2) is 5.96 Å². The van der Waals surface area contributed by atoms with Crippen molar-refractivity contribution in [3.63, 3.8) is 0 Å². The number of rotatable bonds is 7. The van der Waals surface area contributed by atoms with Crippen molar-refractivity contribution in [2.45, 2.75) is 51.2 Å². The zero-order chi connectivity index (χ0) is 18.1. The van der Waals surface area contributed by atoms with Crippen LogP contribution in [0.25, 0.3) is 0 Å². The molecule has 148 valence electrons. The Hall–Kier alpha value is -0.860. The molecule has 6 heteroatoms. The first-order chi connectivity index (χ1) is 12.1. The molecule has 26 heavy (non-hydrogen) atoms. The maximum atomic E-state index is 5.79. The summed E-state index contributed by atoms with van der Waals surface area (Å²) in [4.78, 5) is 4.81. The van der Waals surface area contributed by atoms with Crippen LogP contribution >= 0.6 is 24.0 Å². The Morgan fingerprint density at radius 1 is 1.23 bits per heavy atom. The first-order valence-electron chi connectivity index (χ1n) is 9.33. The Bertz CT molecular complexity index is 533. The van der Waals surface area contributed by atoms with E-state index in [0.717, 1.165) is 38.6 Å². The van der Waals surface area contributed by atoms with Gasteiger partial charge in [0.2, 0.25) is 0 Å². The fourth-order valence-corrected chi connectivity index (χ4v) is 3.10. The Labute approximate surface area is 175 Å². The molecule has 1 heterocycles. The standard InChI is InChI=1S/C20H33N3O2.HI/c1-5-21-19(22-15-20(24-4)11-13-25-14-12-20)23-17(3)16(2)18-9-7-6-8-10-18;/h6-10,16-17H,5,11-15H2,1-4H3,(H2,21,22,23);1H. The third kappa shape index (κ3) is 6.70. The van der Waals surface area contributed by atoms with Crippen LogP contribution in [0.15, 0.2) is 35.3 Å². The second-order valence-electron chi connectivity index (χ2n) is 6.83. The average molecular weight is 475 g/mol. The largest absolute Gasteiger partial charge is 0.381 e. The van der Waals surface area contributed by atoms with Gasteiger partial charge >= 0.3 is 0 Å². The molecule has 1 aromatic rings.